The van der Waals surface area contributed by atoms with Crippen LogP contribution in [-0.2, 0) is 9.59 Å². The number of aliphatic hydroxyl groups is 1. The Morgan fingerprint density at radius 1 is 1.28 bits per heavy atom. The quantitative estimate of drug-likeness (QED) is 0.506. The number of nitrogens with zero attached hydrogens (tertiary/aromatic N) is 1. The molecule has 0 aliphatic carbocycles. The summed E-state index contributed by atoms with van der Waals surface area (Å²) >= 11 is 1.29. The van der Waals surface area contributed by atoms with Crippen LogP contribution in [0, 0.1) is 6.92 Å². The number of amides is 1. The highest BCUT2D eigenvalue weighted by Crippen LogP contribution is 2.25. The number of carbonyl (C=O) groups is 2. The van der Waals surface area contributed by atoms with Gasteiger partial charge in [0.05, 0.1) is 12.1 Å². The fourth-order valence-electron chi connectivity index (χ4n) is 2.15. The van der Waals surface area contributed by atoms with Crippen molar-refractivity contribution in [1.82, 2.24) is 10.3 Å². The van der Waals surface area contributed by atoms with E-state index in [9.17, 15) is 9.59 Å². The van der Waals surface area contributed by atoms with Gasteiger partial charge in [0.25, 0.3) is 0 Å². The molecule has 1 aromatic carbocycles. The van der Waals surface area contributed by atoms with Crippen molar-refractivity contribution in [2.75, 3.05) is 18.5 Å². The first kappa shape index (κ1) is 19.0. The molecule has 1 amide bonds. The van der Waals surface area contributed by atoms with Crippen LogP contribution in [0.2, 0.25) is 0 Å². The molecule has 7 nitrogen and oxygen atoms in total. The van der Waals surface area contributed by atoms with Gasteiger partial charge in [-0.05, 0) is 19.9 Å². The monoisotopic (exact) mass is 363 g/mol. The van der Waals surface area contributed by atoms with Gasteiger partial charge >= 0.3 is 5.97 Å². The second-order valence-corrected chi connectivity index (χ2v) is 6.44. The molecule has 0 fully saturated rings. The van der Waals surface area contributed by atoms with E-state index >= 15 is 0 Å². The maximum absolute atomic E-state index is 12.1. The number of carboxylic acids is 1. The number of aliphatic carboxylic acids is 1. The molecule has 0 aliphatic rings. The number of hydrogen-bond donors (Lipinski definition) is 4. The van der Waals surface area contributed by atoms with Gasteiger partial charge in [-0.3, -0.25) is 9.59 Å². The van der Waals surface area contributed by atoms with Gasteiger partial charge in [0.1, 0.15) is 6.04 Å². The zero-order chi connectivity index (χ0) is 18.2. The van der Waals surface area contributed by atoms with Crippen molar-refractivity contribution in [3.05, 3.63) is 35.2 Å². The van der Waals surface area contributed by atoms with Gasteiger partial charge in [0.15, 0.2) is 5.13 Å². The first-order valence-electron chi connectivity index (χ1n) is 7.89. The number of aliphatic hydroxyl groups excluding tert-OH is 1. The van der Waals surface area contributed by atoms with Crippen molar-refractivity contribution in [3.8, 4) is 11.3 Å². The number of nitrogens with one attached hydrogen (secondary N) is 2. The summed E-state index contributed by atoms with van der Waals surface area (Å²) in [5, 5.41) is 25.5. The van der Waals surface area contributed by atoms with Crippen LogP contribution in [0.4, 0.5) is 5.13 Å². The molecule has 0 saturated carbocycles. The van der Waals surface area contributed by atoms with Crippen LogP contribution in [0.25, 0.3) is 11.3 Å². The second kappa shape index (κ2) is 9.26. The van der Waals surface area contributed by atoms with Gasteiger partial charge in [-0.15, -0.1) is 11.3 Å². The SMILES string of the molecule is Cc1ccc(-c2csc(NC(=O)CC(NCCCO)C(=O)O)n2)cc1. The highest BCUT2D eigenvalue weighted by atomic mass is 32.1. The van der Waals surface area contributed by atoms with Crippen molar-refractivity contribution in [1.29, 1.82) is 0 Å². The molecule has 134 valence electrons. The number of thiazole rings is 1. The number of rotatable bonds is 9. The lowest BCUT2D eigenvalue weighted by Crippen LogP contribution is -2.40. The van der Waals surface area contributed by atoms with Crippen molar-refractivity contribution in [3.63, 3.8) is 0 Å². The molecule has 4 N–H and O–H groups in total. The lowest BCUT2D eigenvalue weighted by atomic mass is 10.1. The molecule has 0 radical (unpaired) electrons. The zero-order valence-corrected chi connectivity index (χ0v) is 14.7. The van der Waals surface area contributed by atoms with Gasteiger partial charge in [0, 0.05) is 17.6 Å². The van der Waals surface area contributed by atoms with E-state index in [1.54, 1.807) is 0 Å². The van der Waals surface area contributed by atoms with Crippen molar-refractivity contribution in [2.45, 2.75) is 25.8 Å². The summed E-state index contributed by atoms with van der Waals surface area (Å²) in [5.74, 6) is -1.53. The molecule has 1 aromatic heterocycles. The van der Waals surface area contributed by atoms with Gasteiger partial charge in [-0.25, -0.2) is 4.98 Å². The van der Waals surface area contributed by atoms with Crippen molar-refractivity contribution >= 4 is 28.3 Å². The van der Waals surface area contributed by atoms with Crippen LogP contribution in [0.5, 0.6) is 0 Å². The Hall–Kier alpha value is -2.29. The molecular weight excluding hydrogens is 342 g/mol. The summed E-state index contributed by atoms with van der Waals surface area (Å²) in [7, 11) is 0. The van der Waals surface area contributed by atoms with E-state index in [0.717, 1.165) is 16.8 Å². The number of aryl methyl sites for hydroxylation is 1. The maximum atomic E-state index is 12.1. The molecule has 1 atom stereocenters. The highest BCUT2D eigenvalue weighted by molar-refractivity contribution is 7.14. The molecule has 1 unspecified atom stereocenters. The van der Waals surface area contributed by atoms with Crippen LogP contribution < -0.4 is 10.6 Å². The Labute approximate surface area is 149 Å². The Kier molecular flexibility index (Phi) is 7.05. The van der Waals surface area contributed by atoms with Crippen molar-refractivity contribution in [2.24, 2.45) is 0 Å². The summed E-state index contributed by atoms with van der Waals surface area (Å²) in [6.45, 7) is 2.30. The summed E-state index contributed by atoms with van der Waals surface area (Å²) in [6.07, 6.45) is 0.220. The van der Waals surface area contributed by atoms with Crippen LogP contribution in [0.3, 0.4) is 0 Å². The van der Waals surface area contributed by atoms with E-state index in [-0.39, 0.29) is 13.0 Å². The molecule has 0 saturated heterocycles. The minimum Gasteiger partial charge on any atom is -0.480 e. The number of carboxylic acid groups (broad SMARTS) is 1. The molecule has 0 spiro atoms. The van der Waals surface area contributed by atoms with Crippen LogP contribution in [0.15, 0.2) is 29.6 Å². The number of anilines is 1. The van der Waals surface area contributed by atoms with E-state index in [4.69, 9.17) is 10.2 Å². The third kappa shape index (κ3) is 5.93. The summed E-state index contributed by atoms with van der Waals surface area (Å²) in [6, 6.07) is 6.90. The fourth-order valence-corrected chi connectivity index (χ4v) is 2.88. The fraction of sp³-hybridized carbons (Fsp3) is 0.353. The van der Waals surface area contributed by atoms with E-state index in [2.05, 4.69) is 15.6 Å². The Morgan fingerprint density at radius 3 is 2.64 bits per heavy atom. The normalized spacial score (nSPS) is 11.9. The number of aromatic nitrogens is 1. The molecule has 8 heteroatoms. The predicted octanol–water partition coefficient (Wildman–Crippen LogP) is 1.87. The molecule has 25 heavy (non-hydrogen) atoms. The van der Waals surface area contributed by atoms with Crippen molar-refractivity contribution < 1.29 is 19.8 Å². The van der Waals surface area contributed by atoms with Crippen LogP contribution >= 0.6 is 11.3 Å². The average Bonchev–Trinajstić information content (AvgIpc) is 3.03. The van der Waals surface area contributed by atoms with Gasteiger partial charge in [0.2, 0.25) is 5.91 Å². The van der Waals surface area contributed by atoms with E-state index in [1.165, 1.54) is 11.3 Å². The lowest BCUT2D eigenvalue weighted by Gasteiger charge is -2.13. The smallest absolute Gasteiger partial charge is 0.321 e. The topological polar surface area (TPSA) is 112 Å². The minimum absolute atomic E-state index is 0.0353. The molecule has 2 rings (SSSR count). The van der Waals surface area contributed by atoms with Gasteiger partial charge < -0.3 is 20.8 Å². The first-order chi connectivity index (χ1) is 12.0. The first-order valence-corrected chi connectivity index (χ1v) is 8.77. The molecule has 0 aliphatic heterocycles. The van der Waals surface area contributed by atoms with E-state index in [0.29, 0.717) is 18.1 Å². The van der Waals surface area contributed by atoms with Gasteiger partial charge in [-0.1, -0.05) is 29.8 Å². The predicted molar refractivity (Wildman–Crippen MR) is 96.7 cm³/mol. The average molecular weight is 363 g/mol. The Bertz CT molecular complexity index is 715. The third-order valence-corrected chi connectivity index (χ3v) is 4.27. The second-order valence-electron chi connectivity index (χ2n) is 5.58. The Balaban J connectivity index is 1.93. The standard InChI is InChI=1S/C17H21N3O4S/c1-11-3-5-12(6-4-11)14-10-25-17(19-14)20-15(22)9-13(16(23)24)18-7-2-8-21/h3-6,10,13,18,21H,2,7-9H2,1H3,(H,23,24)(H,19,20,22). The zero-order valence-electron chi connectivity index (χ0n) is 13.9. The molecule has 2 aromatic rings. The molecule has 1 heterocycles. The summed E-state index contributed by atoms with van der Waals surface area (Å²) in [5.41, 5.74) is 2.87. The maximum Gasteiger partial charge on any atom is 0.321 e. The number of benzene rings is 1. The van der Waals surface area contributed by atoms with Crippen LogP contribution in [0.1, 0.15) is 18.4 Å². The number of carbonyl (C=O) groups excluding carboxylic acids is 1. The highest BCUT2D eigenvalue weighted by Gasteiger charge is 2.21. The summed E-state index contributed by atoms with van der Waals surface area (Å²) in [4.78, 5) is 27.6. The lowest BCUT2D eigenvalue weighted by molar-refractivity contribution is -0.141. The molecule has 0 bridgehead atoms. The summed E-state index contributed by atoms with van der Waals surface area (Å²) < 4.78 is 0. The molecular formula is C17H21N3O4S. The minimum atomic E-state index is -1.10. The Morgan fingerprint density at radius 2 is 2.00 bits per heavy atom. The third-order valence-electron chi connectivity index (χ3n) is 3.51. The van der Waals surface area contributed by atoms with E-state index in [1.807, 2.05) is 36.6 Å². The van der Waals surface area contributed by atoms with E-state index < -0.39 is 17.9 Å². The number of hydrogen-bond acceptors (Lipinski definition) is 6. The van der Waals surface area contributed by atoms with Gasteiger partial charge in [-0.2, -0.15) is 0 Å². The van der Waals surface area contributed by atoms with Crippen LogP contribution in [-0.4, -0.2) is 46.3 Å². The largest absolute Gasteiger partial charge is 0.480 e.